The predicted octanol–water partition coefficient (Wildman–Crippen LogP) is 2.05. The SMILES string of the molecule is C[C]1CCCCC1CCS(=O)(=O)O. The molecule has 77 valence electrons. The number of hydrogen-bond acceptors (Lipinski definition) is 2. The summed E-state index contributed by atoms with van der Waals surface area (Å²) in [6.45, 7) is 2.09. The third kappa shape index (κ3) is 4.09. The Morgan fingerprint density at radius 1 is 1.46 bits per heavy atom. The summed E-state index contributed by atoms with van der Waals surface area (Å²) in [4.78, 5) is 0. The molecule has 1 aliphatic carbocycles. The molecule has 1 N–H and O–H groups in total. The van der Waals surface area contributed by atoms with E-state index in [2.05, 4.69) is 6.92 Å². The molecule has 0 aromatic rings. The van der Waals surface area contributed by atoms with E-state index in [0.717, 1.165) is 12.8 Å². The van der Waals surface area contributed by atoms with Crippen molar-refractivity contribution in [1.29, 1.82) is 0 Å². The van der Waals surface area contributed by atoms with Gasteiger partial charge in [0.1, 0.15) is 0 Å². The molecule has 0 heterocycles. The zero-order valence-corrected chi connectivity index (χ0v) is 8.81. The summed E-state index contributed by atoms with van der Waals surface area (Å²) in [5.41, 5.74) is 0. The van der Waals surface area contributed by atoms with Crippen molar-refractivity contribution in [2.45, 2.75) is 39.0 Å². The van der Waals surface area contributed by atoms with E-state index in [4.69, 9.17) is 4.55 Å². The standard InChI is InChI=1S/C9H17O3S/c1-8-4-2-3-5-9(8)6-7-13(10,11)12/h9H,2-7H2,1H3,(H,10,11,12). The fourth-order valence-electron chi connectivity index (χ4n) is 1.93. The molecule has 0 bridgehead atoms. The summed E-state index contributed by atoms with van der Waals surface area (Å²) < 4.78 is 29.7. The second-order valence-corrected chi connectivity index (χ2v) is 5.44. The van der Waals surface area contributed by atoms with E-state index < -0.39 is 10.1 Å². The van der Waals surface area contributed by atoms with Crippen molar-refractivity contribution in [3.05, 3.63) is 5.92 Å². The Morgan fingerprint density at radius 3 is 2.69 bits per heavy atom. The fraction of sp³-hybridized carbons (Fsp3) is 0.889. The van der Waals surface area contributed by atoms with Crippen LogP contribution in [0.5, 0.6) is 0 Å². The van der Waals surface area contributed by atoms with Gasteiger partial charge in [0.15, 0.2) is 0 Å². The van der Waals surface area contributed by atoms with E-state index in [1.807, 2.05) is 0 Å². The molecule has 1 aliphatic rings. The van der Waals surface area contributed by atoms with Crippen LogP contribution in [0.3, 0.4) is 0 Å². The van der Waals surface area contributed by atoms with Gasteiger partial charge in [-0.25, -0.2) is 0 Å². The summed E-state index contributed by atoms with van der Waals surface area (Å²) in [5.74, 6) is 1.72. The summed E-state index contributed by atoms with van der Waals surface area (Å²) in [6.07, 6.45) is 5.21. The molecule has 4 heteroatoms. The normalized spacial score (nSPS) is 26.2. The monoisotopic (exact) mass is 205 g/mol. The summed E-state index contributed by atoms with van der Waals surface area (Å²) in [5, 5.41) is 0. The van der Waals surface area contributed by atoms with Crippen molar-refractivity contribution >= 4 is 10.1 Å². The van der Waals surface area contributed by atoms with Gasteiger partial charge >= 0.3 is 0 Å². The minimum absolute atomic E-state index is 0.0883. The van der Waals surface area contributed by atoms with Gasteiger partial charge in [0.2, 0.25) is 0 Å². The highest BCUT2D eigenvalue weighted by atomic mass is 32.2. The lowest BCUT2D eigenvalue weighted by molar-refractivity contribution is 0.382. The van der Waals surface area contributed by atoms with E-state index in [1.165, 1.54) is 18.8 Å². The summed E-state index contributed by atoms with van der Waals surface area (Å²) in [7, 11) is -3.76. The zero-order chi connectivity index (χ0) is 9.90. The maximum Gasteiger partial charge on any atom is 0.264 e. The van der Waals surface area contributed by atoms with E-state index in [1.54, 1.807) is 0 Å². The van der Waals surface area contributed by atoms with E-state index in [9.17, 15) is 8.42 Å². The molecule has 1 radical (unpaired) electrons. The maximum absolute atomic E-state index is 10.5. The van der Waals surface area contributed by atoms with E-state index in [-0.39, 0.29) is 5.75 Å². The second-order valence-electron chi connectivity index (χ2n) is 3.86. The van der Waals surface area contributed by atoms with Gasteiger partial charge in [-0.15, -0.1) is 0 Å². The van der Waals surface area contributed by atoms with Gasteiger partial charge in [0, 0.05) is 0 Å². The molecule has 1 fully saturated rings. The van der Waals surface area contributed by atoms with Crippen LogP contribution >= 0.6 is 0 Å². The van der Waals surface area contributed by atoms with Gasteiger partial charge in [0.25, 0.3) is 10.1 Å². The lowest BCUT2D eigenvalue weighted by Gasteiger charge is -2.27. The van der Waals surface area contributed by atoms with Crippen molar-refractivity contribution in [3.63, 3.8) is 0 Å². The van der Waals surface area contributed by atoms with E-state index in [0.29, 0.717) is 12.3 Å². The Bertz CT molecular complexity index is 246. The molecule has 0 spiro atoms. The van der Waals surface area contributed by atoms with Crippen molar-refractivity contribution in [2.75, 3.05) is 5.75 Å². The van der Waals surface area contributed by atoms with Gasteiger partial charge in [-0.3, -0.25) is 4.55 Å². The third-order valence-corrected chi connectivity index (χ3v) is 3.55. The Hall–Kier alpha value is -0.0900. The van der Waals surface area contributed by atoms with Crippen molar-refractivity contribution in [2.24, 2.45) is 5.92 Å². The highest BCUT2D eigenvalue weighted by molar-refractivity contribution is 7.85. The average Bonchev–Trinajstić information content (AvgIpc) is 2.01. The second kappa shape index (κ2) is 4.42. The van der Waals surface area contributed by atoms with Crippen LogP contribution in [-0.2, 0) is 10.1 Å². The first-order valence-corrected chi connectivity index (χ1v) is 6.37. The van der Waals surface area contributed by atoms with Crippen molar-refractivity contribution in [3.8, 4) is 0 Å². The summed E-state index contributed by atoms with van der Waals surface area (Å²) >= 11 is 0. The molecule has 13 heavy (non-hydrogen) atoms. The maximum atomic E-state index is 10.5. The molecule has 0 aromatic carbocycles. The molecule has 1 unspecified atom stereocenters. The van der Waals surface area contributed by atoms with Crippen molar-refractivity contribution < 1.29 is 13.0 Å². The molecule has 3 nitrogen and oxygen atoms in total. The van der Waals surface area contributed by atoms with Crippen LogP contribution in [0.1, 0.15) is 39.0 Å². The Labute approximate surface area is 80.3 Å². The Balaban J connectivity index is 2.35. The van der Waals surface area contributed by atoms with Crippen molar-refractivity contribution in [1.82, 2.24) is 0 Å². The first-order chi connectivity index (χ1) is 5.99. The molecular weight excluding hydrogens is 188 g/mol. The molecule has 1 saturated carbocycles. The minimum atomic E-state index is -3.76. The quantitative estimate of drug-likeness (QED) is 0.717. The Kier molecular flexibility index (Phi) is 3.74. The molecule has 1 atom stereocenters. The highest BCUT2D eigenvalue weighted by Gasteiger charge is 2.22. The first-order valence-electron chi connectivity index (χ1n) is 4.76. The first kappa shape index (κ1) is 11.0. The largest absolute Gasteiger partial charge is 0.286 e. The van der Waals surface area contributed by atoms with Crippen LogP contribution in [0, 0.1) is 11.8 Å². The van der Waals surface area contributed by atoms with Crippen LogP contribution in [0.2, 0.25) is 0 Å². The topological polar surface area (TPSA) is 54.4 Å². The smallest absolute Gasteiger partial charge is 0.264 e. The van der Waals surface area contributed by atoms with E-state index >= 15 is 0 Å². The molecule has 0 aromatic heterocycles. The zero-order valence-electron chi connectivity index (χ0n) is 7.99. The average molecular weight is 205 g/mol. The highest BCUT2D eigenvalue weighted by Crippen LogP contribution is 2.33. The lowest BCUT2D eigenvalue weighted by Crippen LogP contribution is -2.18. The minimum Gasteiger partial charge on any atom is -0.286 e. The van der Waals surface area contributed by atoms with Crippen LogP contribution in [0.15, 0.2) is 0 Å². The van der Waals surface area contributed by atoms with Crippen LogP contribution in [-0.4, -0.2) is 18.7 Å². The lowest BCUT2D eigenvalue weighted by atomic mass is 9.79. The van der Waals surface area contributed by atoms with Gasteiger partial charge in [-0.1, -0.05) is 19.8 Å². The Morgan fingerprint density at radius 2 is 2.15 bits per heavy atom. The van der Waals surface area contributed by atoms with Crippen LogP contribution in [0.4, 0.5) is 0 Å². The van der Waals surface area contributed by atoms with Gasteiger partial charge < -0.3 is 0 Å². The van der Waals surface area contributed by atoms with Crippen LogP contribution < -0.4 is 0 Å². The number of rotatable bonds is 3. The molecule has 1 rings (SSSR count). The van der Waals surface area contributed by atoms with Gasteiger partial charge in [-0.2, -0.15) is 8.42 Å². The molecule has 0 saturated heterocycles. The number of hydrogen-bond donors (Lipinski definition) is 1. The molecule has 0 amide bonds. The third-order valence-electron chi connectivity index (χ3n) is 2.79. The fourth-order valence-corrected chi connectivity index (χ4v) is 2.51. The molecule has 0 aliphatic heterocycles. The van der Waals surface area contributed by atoms with Crippen LogP contribution in [0.25, 0.3) is 0 Å². The summed E-state index contributed by atoms with van der Waals surface area (Å²) in [6, 6.07) is 0. The molecular formula is C9H17O3S. The van der Waals surface area contributed by atoms with Gasteiger partial charge in [0.05, 0.1) is 5.75 Å². The predicted molar refractivity (Wildman–Crippen MR) is 51.9 cm³/mol. The van der Waals surface area contributed by atoms with Gasteiger partial charge in [-0.05, 0) is 31.1 Å².